The van der Waals surface area contributed by atoms with Crippen molar-refractivity contribution in [2.24, 2.45) is 0 Å². The van der Waals surface area contributed by atoms with Crippen molar-refractivity contribution in [1.29, 1.82) is 0 Å². The van der Waals surface area contributed by atoms with Gasteiger partial charge in [-0.1, -0.05) is 36.4 Å². The number of rotatable bonds is 3. The highest BCUT2D eigenvalue weighted by Crippen LogP contribution is 2.29. The summed E-state index contributed by atoms with van der Waals surface area (Å²) in [7, 11) is 0. The first-order valence-corrected chi connectivity index (χ1v) is 6.98. The third-order valence-corrected chi connectivity index (χ3v) is 3.94. The Balaban J connectivity index is 1.68. The minimum Gasteiger partial charge on any atom is -0.387 e. The molecule has 2 aromatic rings. The quantitative estimate of drug-likeness (QED) is 0.899. The van der Waals surface area contributed by atoms with Crippen molar-refractivity contribution in [1.82, 2.24) is 5.32 Å². The molecule has 0 saturated heterocycles. The van der Waals surface area contributed by atoms with E-state index in [4.69, 9.17) is 0 Å². The van der Waals surface area contributed by atoms with Crippen LogP contribution in [-0.4, -0.2) is 11.1 Å². The molecule has 0 saturated carbocycles. The largest absolute Gasteiger partial charge is 0.387 e. The minimum atomic E-state index is -0.492. The Morgan fingerprint density at radius 3 is 2.85 bits per heavy atom. The molecule has 2 atom stereocenters. The molecule has 0 amide bonds. The second-order valence-electron chi connectivity index (χ2n) is 5.30. The molecule has 3 heteroatoms. The van der Waals surface area contributed by atoms with Gasteiger partial charge >= 0.3 is 0 Å². The van der Waals surface area contributed by atoms with E-state index in [2.05, 4.69) is 11.4 Å². The molecular formula is C17H18FNO. The Kier molecular flexibility index (Phi) is 3.81. The molecule has 0 bridgehead atoms. The van der Waals surface area contributed by atoms with Crippen LogP contribution in [0.4, 0.5) is 4.39 Å². The van der Waals surface area contributed by atoms with Gasteiger partial charge in [-0.05, 0) is 41.7 Å². The van der Waals surface area contributed by atoms with E-state index in [-0.39, 0.29) is 11.9 Å². The molecule has 0 heterocycles. The van der Waals surface area contributed by atoms with E-state index >= 15 is 0 Å². The maximum atomic E-state index is 13.1. The molecule has 1 aliphatic carbocycles. The SMILES string of the molecule is O[C@H]1c2ccccc2CC[C@@H]1NCc1cccc(F)c1. The van der Waals surface area contributed by atoms with Crippen LogP contribution in [0, 0.1) is 5.82 Å². The lowest BCUT2D eigenvalue weighted by molar-refractivity contribution is 0.114. The summed E-state index contributed by atoms with van der Waals surface area (Å²) in [5.74, 6) is -0.223. The molecule has 2 nitrogen and oxygen atoms in total. The predicted molar refractivity (Wildman–Crippen MR) is 76.8 cm³/mol. The highest BCUT2D eigenvalue weighted by atomic mass is 19.1. The highest BCUT2D eigenvalue weighted by Gasteiger charge is 2.26. The fourth-order valence-corrected chi connectivity index (χ4v) is 2.85. The van der Waals surface area contributed by atoms with Gasteiger partial charge in [-0.25, -0.2) is 4.39 Å². The van der Waals surface area contributed by atoms with Gasteiger partial charge in [-0.15, -0.1) is 0 Å². The number of aryl methyl sites for hydroxylation is 1. The molecule has 0 fully saturated rings. The van der Waals surface area contributed by atoms with Gasteiger partial charge in [-0.3, -0.25) is 0 Å². The topological polar surface area (TPSA) is 32.3 Å². The number of hydrogen-bond acceptors (Lipinski definition) is 2. The molecule has 1 aliphatic rings. The van der Waals surface area contributed by atoms with Gasteiger partial charge in [0.05, 0.1) is 6.10 Å². The van der Waals surface area contributed by atoms with Crippen LogP contribution >= 0.6 is 0 Å². The molecule has 0 radical (unpaired) electrons. The van der Waals surface area contributed by atoms with Gasteiger partial charge in [0.25, 0.3) is 0 Å². The van der Waals surface area contributed by atoms with Crippen LogP contribution in [0.15, 0.2) is 48.5 Å². The summed E-state index contributed by atoms with van der Waals surface area (Å²) in [6.07, 6.45) is 1.37. The van der Waals surface area contributed by atoms with E-state index in [1.54, 1.807) is 6.07 Å². The number of fused-ring (bicyclic) bond motifs is 1. The Hall–Kier alpha value is -1.71. The average Bonchev–Trinajstić information content (AvgIpc) is 2.47. The van der Waals surface area contributed by atoms with Gasteiger partial charge in [0.15, 0.2) is 0 Å². The van der Waals surface area contributed by atoms with Crippen molar-refractivity contribution < 1.29 is 9.50 Å². The van der Waals surface area contributed by atoms with Crippen molar-refractivity contribution in [2.75, 3.05) is 0 Å². The third-order valence-electron chi connectivity index (χ3n) is 3.94. The number of benzene rings is 2. The van der Waals surface area contributed by atoms with E-state index in [0.717, 1.165) is 24.0 Å². The van der Waals surface area contributed by atoms with Crippen molar-refractivity contribution in [3.63, 3.8) is 0 Å². The predicted octanol–water partition coefficient (Wildman–Crippen LogP) is 2.96. The Bertz CT molecular complexity index is 599. The van der Waals surface area contributed by atoms with E-state index < -0.39 is 6.10 Å². The zero-order valence-electron chi connectivity index (χ0n) is 11.2. The first-order valence-electron chi connectivity index (χ1n) is 6.98. The zero-order chi connectivity index (χ0) is 13.9. The molecule has 0 aliphatic heterocycles. The molecule has 0 aromatic heterocycles. The smallest absolute Gasteiger partial charge is 0.123 e. The first-order chi connectivity index (χ1) is 9.74. The number of nitrogens with one attached hydrogen (secondary N) is 1. The summed E-state index contributed by atoms with van der Waals surface area (Å²) in [6.45, 7) is 0.571. The lowest BCUT2D eigenvalue weighted by Crippen LogP contribution is -2.38. The zero-order valence-corrected chi connectivity index (χ0v) is 11.2. The monoisotopic (exact) mass is 271 g/mol. The van der Waals surface area contributed by atoms with Crippen LogP contribution in [0.3, 0.4) is 0 Å². The van der Waals surface area contributed by atoms with Crippen molar-refractivity contribution in [2.45, 2.75) is 31.5 Å². The van der Waals surface area contributed by atoms with Gasteiger partial charge in [0.2, 0.25) is 0 Å². The molecule has 2 N–H and O–H groups in total. The summed E-state index contributed by atoms with van der Waals surface area (Å²) in [4.78, 5) is 0. The van der Waals surface area contributed by atoms with Crippen LogP contribution in [-0.2, 0) is 13.0 Å². The minimum absolute atomic E-state index is 0.0215. The maximum Gasteiger partial charge on any atom is 0.123 e. The molecule has 3 rings (SSSR count). The fraction of sp³-hybridized carbons (Fsp3) is 0.294. The molecule has 0 unspecified atom stereocenters. The second kappa shape index (κ2) is 5.73. The van der Waals surface area contributed by atoms with Crippen molar-refractivity contribution in [3.8, 4) is 0 Å². The van der Waals surface area contributed by atoms with Crippen LogP contribution in [0.1, 0.15) is 29.2 Å². The van der Waals surface area contributed by atoms with Crippen LogP contribution in [0.25, 0.3) is 0 Å². The van der Waals surface area contributed by atoms with Crippen LogP contribution in [0.5, 0.6) is 0 Å². The summed E-state index contributed by atoms with van der Waals surface area (Å²) in [5, 5.41) is 13.8. The summed E-state index contributed by atoms with van der Waals surface area (Å²) in [5.41, 5.74) is 3.13. The second-order valence-corrected chi connectivity index (χ2v) is 5.30. The average molecular weight is 271 g/mol. The number of hydrogen-bond donors (Lipinski definition) is 2. The first kappa shape index (κ1) is 13.3. The Morgan fingerprint density at radius 2 is 2.00 bits per heavy atom. The molecule has 0 spiro atoms. The summed E-state index contributed by atoms with van der Waals surface area (Å²) >= 11 is 0. The van der Waals surface area contributed by atoms with Gasteiger partial charge in [0.1, 0.15) is 5.82 Å². The van der Waals surface area contributed by atoms with E-state index in [9.17, 15) is 9.50 Å². The Morgan fingerprint density at radius 1 is 1.15 bits per heavy atom. The van der Waals surface area contributed by atoms with Crippen molar-refractivity contribution >= 4 is 0 Å². The van der Waals surface area contributed by atoms with E-state index in [1.165, 1.54) is 17.7 Å². The lowest BCUT2D eigenvalue weighted by Gasteiger charge is -2.31. The molecule has 2 aromatic carbocycles. The van der Waals surface area contributed by atoms with E-state index in [1.807, 2.05) is 24.3 Å². The normalized spacial score (nSPS) is 21.5. The number of aliphatic hydroxyl groups is 1. The standard InChI is InChI=1S/C17H18FNO/c18-14-6-3-4-12(10-14)11-19-16-9-8-13-5-1-2-7-15(13)17(16)20/h1-7,10,16-17,19-20H,8-9,11H2/t16-,17-/m0/s1. The molecular weight excluding hydrogens is 253 g/mol. The highest BCUT2D eigenvalue weighted by molar-refractivity contribution is 5.32. The van der Waals surface area contributed by atoms with Gasteiger partial charge in [0, 0.05) is 12.6 Å². The summed E-state index contributed by atoms with van der Waals surface area (Å²) < 4.78 is 13.1. The van der Waals surface area contributed by atoms with E-state index in [0.29, 0.717) is 6.54 Å². The molecule has 104 valence electrons. The fourth-order valence-electron chi connectivity index (χ4n) is 2.85. The maximum absolute atomic E-state index is 13.1. The Labute approximate surface area is 118 Å². The van der Waals surface area contributed by atoms with Crippen LogP contribution in [0.2, 0.25) is 0 Å². The molecule has 20 heavy (non-hydrogen) atoms. The lowest BCUT2D eigenvalue weighted by atomic mass is 9.86. The van der Waals surface area contributed by atoms with Gasteiger partial charge in [-0.2, -0.15) is 0 Å². The van der Waals surface area contributed by atoms with Crippen LogP contribution < -0.4 is 5.32 Å². The number of aliphatic hydroxyl groups excluding tert-OH is 1. The third kappa shape index (κ3) is 2.74. The summed E-state index contributed by atoms with van der Waals surface area (Å²) in [6, 6.07) is 14.6. The van der Waals surface area contributed by atoms with Crippen molar-refractivity contribution in [3.05, 3.63) is 71.0 Å². The van der Waals surface area contributed by atoms with Gasteiger partial charge < -0.3 is 10.4 Å². The number of halogens is 1.